The number of rotatable bonds is 3. The van der Waals surface area contributed by atoms with Crippen LogP contribution in [-0.2, 0) is 16.0 Å². The van der Waals surface area contributed by atoms with Crippen molar-refractivity contribution in [3.8, 4) is 0 Å². The average molecular weight is 316 g/mol. The second-order valence-corrected chi connectivity index (χ2v) is 6.64. The molecule has 0 saturated carbocycles. The van der Waals surface area contributed by atoms with Gasteiger partial charge in [0.15, 0.2) is 6.54 Å². The molecule has 0 spiro atoms. The number of carbonyl (C=O) groups excluding carboxylic acids is 2. The lowest BCUT2D eigenvalue weighted by atomic mass is 9.88. The molecule has 1 aliphatic carbocycles. The first-order valence-corrected chi connectivity index (χ1v) is 8.60. The smallest absolute Gasteiger partial charge is 0.275 e. The molecule has 1 aromatic rings. The van der Waals surface area contributed by atoms with Gasteiger partial charge in [0.05, 0.1) is 32.2 Å². The van der Waals surface area contributed by atoms with Gasteiger partial charge in [0.2, 0.25) is 5.91 Å². The maximum atomic E-state index is 12.4. The van der Waals surface area contributed by atoms with E-state index in [2.05, 4.69) is 29.6 Å². The molecule has 5 nitrogen and oxygen atoms in total. The van der Waals surface area contributed by atoms with Gasteiger partial charge in [-0.3, -0.25) is 9.59 Å². The molecule has 1 aliphatic heterocycles. The molecule has 0 aromatic heterocycles. The van der Waals surface area contributed by atoms with Crippen molar-refractivity contribution in [3.05, 3.63) is 35.4 Å². The van der Waals surface area contributed by atoms with Crippen LogP contribution in [0.1, 0.15) is 36.9 Å². The summed E-state index contributed by atoms with van der Waals surface area (Å²) < 4.78 is 0. The van der Waals surface area contributed by atoms with Crippen LogP contribution in [0.4, 0.5) is 0 Å². The maximum Gasteiger partial charge on any atom is 0.275 e. The molecule has 5 heteroatoms. The minimum Gasteiger partial charge on any atom is -0.344 e. The van der Waals surface area contributed by atoms with Crippen molar-refractivity contribution in [2.75, 3.05) is 32.7 Å². The van der Waals surface area contributed by atoms with Crippen molar-refractivity contribution in [3.63, 3.8) is 0 Å². The Balaban J connectivity index is 1.52. The molecule has 2 N–H and O–H groups in total. The molecular formula is C18H26N3O2+. The first-order valence-electron chi connectivity index (χ1n) is 8.60. The molecule has 0 radical (unpaired) electrons. The lowest BCUT2D eigenvalue weighted by Crippen LogP contribution is -3.15. The summed E-state index contributed by atoms with van der Waals surface area (Å²) >= 11 is 0. The quantitative estimate of drug-likeness (QED) is 0.820. The molecule has 0 bridgehead atoms. The van der Waals surface area contributed by atoms with Crippen LogP contribution in [-0.4, -0.2) is 49.4 Å². The van der Waals surface area contributed by atoms with Gasteiger partial charge in [-0.15, -0.1) is 0 Å². The minimum atomic E-state index is 0.123. The molecule has 124 valence electrons. The van der Waals surface area contributed by atoms with Crippen molar-refractivity contribution in [1.29, 1.82) is 0 Å². The number of fused-ring (bicyclic) bond motifs is 1. The fourth-order valence-electron chi connectivity index (χ4n) is 3.69. The number of benzene rings is 1. The maximum absolute atomic E-state index is 12.4. The van der Waals surface area contributed by atoms with Crippen LogP contribution in [0, 0.1) is 0 Å². The Morgan fingerprint density at radius 2 is 2.00 bits per heavy atom. The van der Waals surface area contributed by atoms with Crippen LogP contribution in [0.3, 0.4) is 0 Å². The van der Waals surface area contributed by atoms with Gasteiger partial charge in [0.25, 0.3) is 5.91 Å². The van der Waals surface area contributed by atoms with Gasteiger partial charge in [-0.1, -0.05) is 24.3 Å². The van der Waals surface area contributed by atoms with Gasteiger partial charge >= 0.3 is 0 Å². The van der Waals surface area contributed by atoms with Crippen LogP contribution >= 0.6 is 0 Å². The second-order valence-electron chi connectivity index (χ2n) is 6.64. The SMILES string of the molecule is CC(=O)N1CC[NH+](CC(=O)N[C@@H]2CCCc3ccccc32)CC1. The summed E-state index contributed by atoms with van der Waals surface area (Å²) in [5.74, 6) is 0.255. The molecule has 0 unspecified atom stereocenters. The van der Waals surface area contributed by atoms with Gasteiger partial charge in [0.1, 0.15) is 0 Å². The number of nitrogens with one attached hydrogen (secondary N) is 2. The normalized spacial score (nSPS) is 21.6. The Kier molecular flexibility index (Phi) is 4.96. The third kappa shape index (κ3) is 3.91. The van der Waals surface area contributed by atoms with Crippen LogP contribution in [0.2, 0.25) is 0 Å². The molecule has 2 aliphatic rings. The van der Waals surface area contributed by atoms with E-state index in [1.807, 2.05) is 4.90 Å². The van der Waals surface area contributed by atoms with Gasteiger partial charge < -0.3 is 15.1 Å². The minimum absolute atomic E-state index is 0.123. The highest BCUT2D eigenvalue weighted by Gasteiger charge is 2.26. The molecule has 2 amide bonds. The lowest BCUT2D eigenvalue weighted by molar-refractivity contribution is -0.896. The van der Waals surface area contributed by atoms with Crippen molar-refractivity contribution < 1.29 is 14.5 Å². The third-order valence-corrected chi connectivity index (χ3v) is 5.03. The zero-order valence-electron chi connectivity index (χ0n) is 13.8. The predicted molar refractivity (Wildman–Crippen MR) is 88.1 cm³/mol. The molecular weight excluding hydrogens is 290 g/mol. The van der Waals surface area contributed by atoms with Gasteiger partial charge in [-0.2, -0.15) is 0 Å². The molecule has 1 fully saturated rings. The lowest BCUT2D eigenvalue weighted by Gasteiger charge is -2.32. The summed E-state index contributed by atoms with van der Waals surface area (Å²) in [4.78, 5) is 26.9. The third-order valence-electron chi connectivity index (χ3n) is 5.03. The highest BCUT2D eigenvalue weighted by molar-refractivity contribution is 5.77. The number of carbonyl (C=O) groups is 2. The summed E-state index contributed by atoms with van der Waals surface area (Å²) in [5, 5.41) is 3.22. The topological polar surface area (TPSA) is 53.9 Å². The largest absolute Gasteiger partial charge is 0.344 e. The van der Waals surface area contributed by atoms with E-state index in [9.17, 15) is 9.59 Å². The predicted octanol–water partition coefficient (Wildman–Crippen LogP) is -0.0728. The van der Waals surface area contributed by atoms with Crippen LogP contribution < -0.4 is 10.2 Å². The van der Waals surface area contributed by atoms with E-state index in [1.165, 1.54) is 16.0 Å². The van der Waals surface area contributed by atoms with E-state index in [0.29, 0.717) is 6.54 Å². The number of hydrogen-bond donors (Lipinski definition) is 2. The molecule has 1 atom stereocenters. The van der Waals surface area contributed by atoms with Crippen molar-refractivity contribution in [2.45, 2.75) is 32.2 Å². The first-order chi connectivity index (χ1) is 11.1. The zero-order valence-corrected chi connectivity index (χ0v) is 13.8. The van der Waals surface area contributed by atoms with Gasteiger partial charge in [0, 0.05) is 6.92 Å². The Hall–Kier alpha value is -1.88. The van der Waals surface area contributed by atoms with E-state index in [4.69, 9.17) is 0 Å². The number of piperazine rings is 1. The summed E-state index contributed by atoms with van der Waals surface area (Å²) in [7, 11) is 0. The first kappa shape index (κ1) is 16.0. The van der Waals surface area contributed by atoms with E-state index in [1.54, 1.807) is 6.92 Å². The van der Waals surface area contributed by atoms with Gasteiger partial charge in [-0.25, -0.2) is 0 Å². The number of nitrogens with zero attached hydrogens (tertiary/aromatic N) is 1. The molecule has 1 saturated heterocycles. The van der Waals surface area contributed by atoms with Crippen LogP contribution in [0.15, 0.2) is 24.3 Å². The fourth-order valence-corrected chi connectivity index (χ4v) is 3.69. The molecule has 1 aromatic carbocycles. The van der Waals surface area contributed by atoms with E-state index >= 15 is 0 Å². The van der Waals surface area contributed by atoms with Crippen molar-refractivity contribution in [2.24, 2.45) is 0 Å². The Morgan fingerprint density at radius 1 is 1.26 bits per heavy atom. The van der Waals surface area contributed by atoms with E-state index < -0.39 is 0 Å². The average Bonchev–Trinajstić information content (AvgIpc) is 2.55. The summed E-state index contributed by atoms with van der Waals surface area (Å²) in [6.45, 7) is 5.33. The van der Waals surface area contributed by atoms with Crippen LogP contribution in [0.25, 0.3) is 0 Å². The number of aryl methyl sites for hydroxylation is 1. The Labute approximate surface area is 137 Å². The van der Waals surface area contributed by atoms with Crippen molar-refractivity contribution in [1.82, 2.24) is 10.2 Å². The Bertz CT molecular complexity index is 579. The monoisotopic (exact) mass is 316 g/mol. The number of hydrogen-bond acceptors (Lipinski definition) is 2. The highest BCUT2D eigenvalue weighted by atomic mass is 16.2. The fraction of sp³-hybridized carbons (Fsp3) is 0.556. The van der Waals surface area contributed by atoms with E-state index in [-0.39, 0.29) is 17.9 Å². The Morgan fingerprint density at radius 3 is 2.74 bits per heavy atom. The number of quaternary nitrogens is 1. The van der Waals surface area contributed by atoms with Gasteiger partial charge in [-0.05, 0) is 30.4 Å². The molecule has 1 heterocycles. The number of amides is 2. The van der Waals surface area contributed by atoms with E-state index in [0.717, 1.165) is 45.4 Å². The van der Waals surface area contributed by atoms with Crippen molar-refractivity contribution >= 4 is 11.8 Å². The summed E-state index contributed by atoms with van der Waals surface area (Å²) in [6, 6.07) is 8.58. The zero-order chi connectivity index (χ0) is 16.2. The standard InChI is InChI=1S/C18H25N3O2/c1-14(22)21-11-9-20(10-12-21)13-18(23)19-17-8-4-6-15-5-2-3-7-16(15)17/h2-3,5,7,17H,4,6,8-13H2,1H3,(H,19,23)/p+1/t17-/m1/s1. The summed E-state index contributed by atoms with van der Waals surface area (Å²) in [5.41, 5.74) is 2.65. The second kappa shape index (κ2) is 7.13. The van der Waals surface area contributed by atoms with Crippen LogP contribution in [0.5, 0.6) is 0 Å². The summed E-state index contributed by atoms with van der Waals surface area (Å²) in [6.07, 6.45) is 3.27. The molecule has 3 rings (SSSR count). The molecule has 23 heavy (non-hydrogen) atoms. The highest BCUT2D eigenvalue weighted by Crippen LogP contribution is 2.29.